The molecule has 1 rings (SSSR count). The summed E-state index contributed by atoms with van der Waals surface area (Å²) in [4.78, 5) is 11.1. The topological polar surface area (TPSA) is 83.8 Å². The Morgan fingerprint density at radius 2 is 2.40 bits per heavy atom. The Kier molecular flexibility index (Phi) is 3.73. The van der Waals surface area contributed by atoms with Gasteiger partial charge in [0.2, 0.25) is 5.91 Å². The van der Waals surface area contributed by atoms with Gasteiger partial charge >= 0.3 is 0 Å². The van der Waals surface area contributed by atoms with E-state index in [9.17, 15) is 13.6 Å². The predicted octanol–water partition coefficient (Wildman–Crippen LogP) is -0.338. The van der Waals surface area contributed by atoms with E-state index in [1.807, 2.05) is 0 Å². The number of aromatic amines is 1. The van der Waals surface area contributed by atoms with E-state index in [4.69, 9.17) is 5.73 Å². The zero-order valence-electron chi connectivity index (χ0n) is 7.96. The van der Waals surface area contributed by atoms with Crippen LogP contribution in [0.5, 0.6) is 0 Å². The number of aromatic nitrogens is 2. The molecule has 1 amide bonds. The molecular formula is C8H12F2N4O. The van der Waals surface area contributed by atoms with Crippen LogP contribution in [0, 0.1) is 0 Å². The molecule has 0 bridgehead atoms. The van der Waals surface area contributed by atoms with Gasteiger partial charge in [0.05, 0.1) is 19.5 Å². The van der Waals surface area contributed by atoms with E-state index in [0.29, 0.717) is 5.69 Å². The summed E-state index contributed by atoms with van der Waals surface area (Å²) in [6.07, 6.45) is 1.48. The molecule has 84 valence electrons. The molecule has 5 nitrogen and oxygen atoms in total. The van der Waals surface area contributed by atoms with E-state index in [0.717, 1.165) is 0 Å². The second-order valence-electron chi connectivity index (χ2n) is 3.10. The van der Waals surface area contributed by atoms with Crippen molar-refractivity contribution >= 4 is 5.91 Å². The third-order valence-corrected chi connectivity index (χ3v) is 1.75. The number of H-pyrrole nitrogens is 1. The maximum atomic E-state index is 12.6. The summed E-state index contributed by atoms with van der Waals surface area (Å²) in [5.41, 5.74) is 5.38. The van der Waals surface area contributed by atoms with Crippen molar-refractivity contribution in [2.45, 2.75) is 12.3 Å². The minimum Gasteiger partial charge on any atom is -0.350 e. The van der Waals surface area contributed by atoms with Crippen molar-refractivity contribution in [1.82, 2.24) is 15.5 Å². The quantitative estimate of drug-likeness (QED) is 0.632. The van der Waals surface area contributed by atoms with Gasteiger partial charge in [-0.3, -0.25) is 9.89 Å². The molecule has 0 saturated heterocycles. The van der Waals surface area contributed by atoms with Crippen molar-refractivity contribution in [3.05, 3.63) is 18.0 Å². The summed E-state index contributed by atoms with van der Waals surface area (Å²) in [5, 5.41) is 8.28. The van der Waals surface area contributed by atoms with Crippen molar-refractivity contribution < 1.29 is 13.6 Å². The second kappa shape index (κ2) is 4.83. The molecule has 0 spiro atoms. The molecule has 7 heteroatoms. The molecule has 0 atom stereocenters. The third-order valence-electron chi connectivity index (χ3n) is 1.75. The van der Waals surface area contributed by atoms with Gasteiger partial charge in [0.15, 0.2) is 0 Å². The zero-order chi connectivity index (χ0) is 11.3. The lowest BCUT2D eigenvalue weighted by Gasteiger charge is -2.14. The summed E-state index contributed by atoms with van der Waals surface area (Å²) in [5.74, 6) is -3.55. The normalized spacial score (nSPS) is 11.4. The van der Waals surface area contributed by atoms with Crippen LogP contribution < -0.4 is 11.1 Å². The van der Waals surface area contributed by atoms with Gasteiger partial charge in [0, 0.05) is 11.9 Å². The number of nitrogens with two attached hydrogens (primary N) is 1. The standard InChI is InChI=1S/C8H12F2N4O/c9-8(10,4-11)5-12-7(15)3-6-1-2-13-14-6/h1-2H,3-5,11H2,(H,12,15)(H,13,14). The minimum absolute atomic E-state index is 0.000646. The molecule has 0 fully saturated rings. The zero-order valence-corrected chi connectivity index (χ0v) is 7.96. The van der Waals surface area contributed by atoms with Crippen molar-refractivity contribution in [2.75, 3.05) is 13.1 Å². The molecular weight excluding hydrogens is 206 g/mol. The van der Waals surface area contributed by atoms with Crippen LogP contribution in [0.25, 0.3) is 0 Å². The minimum atomic E-state index is -3.05. The predicted molar refractivity (Wildman–Crippen MR) is 49.3 cm³/mol. The lowest BCUT2D eigenvalue weighted by Crippen LogP contribution is -2.42. The first-order chi connectivity index (χ1) is 7.03. The molecule has 1 aromatic rings. The van der Waals surface area contributed by atoms with E-state index >= 15 is 0 Å². The number of hydrogen-bond donors (Lipinski definition) is 3. The largest absolute Gasteiger partial charge is 0.350 e. The van der Waals surface area contributed by atoms with Gasteiger partial charge in [0.25, 0.3) is 5.92 Å². The summed E-state index contributed by atoms with van der Waals surface area (Å²) >= 11 is 0. The van der Waals surface area contributed by atoms with Gasteiger partial charge in [-0.05, 0) is 6.07 Å². The van der Waals surface area contributed by atoms with E-state index in [1.165, 1.54) is 6.20 Å². The smallest absolute Gasteiger partial charge is 0.277 e. The molecule has 15 heavy (non-hydrogen) atoms. The van der Waals surface area contributed by atoms with Crippen molar-refractivity contribution in [3.8, 4) is 0 Å². The van der Waals surface area contributed by atoms with Crippen LogP contribution in [-0.4, -0.2) is 35.1 Å². The Morgan fingerprint density at radius 1 is 1.67 bits per heavy atom. The number of hydrogen-bond acceptors (Lipinski definition) is 3. The van der Waals surface area contributed by atoms with E-state index < -0.39 is 24.9 Å². The second-order valence-corrected chi connectivity index (χ2v) is 3.10. The van der Waals surface area contributed by atoms with Crippen LogP contribution in [0.3, 0.4) is 0 Å². The highest BCUT2D eigenvalue weighted by molar-refractivity contribution is 5.78. The van der Waals surface area contributed by atoms with Gasteiger partial charge in [0.1, 0.15) is 0 Å². The highest BCUT2D eigenvalue weighted by Gasteiger charge is 2.27. The number of carbonyl (C=O) groups is 1. The molecule has 0 aliphatic rings. The van der Waals surface area contributed by atoms with E-state index in [1.54, 1.807) is 6.07 Å². The number of nitrogens with zero attached hydrogens (tertiary/aromatic N) is 1. The SMILES string of the molecule is NCC(F)(F)CNC(=O)Cc1ccn[nH]1. The maximum absolute atomic E-state index is 12.6. The van der Waals surface area contributed by atoms with Gasteiger partial charge in [-0.2, -0.15) is 5.10 Å². The van der Waals surface area contributed by atoms with Crippen molar-refractivity contribution in [2.24, 2.45) is 5.73 Å². The highest BCUT2D eigenvalue weighted by Crippen LogP contribution is 2.08. The molecule has 0 saturated carbocycles. The fraction of sp³-hybridized carbons (Fsp3) is 0.500. The molecule has 0 radical (unpaired) electrons. The molecule has 0 unspecified atom stereocenters. The monoisotopic (exact) mass is 218 g/mol. The highest BCUT2D eigenvalue weighted by atomic mass is 19.3. The summed E-state index contributed by atoms with van der Waals surface area (Å²) in [6, 6.07) is 1.60. The van der Waals surface area contributed by atoms with Crippen LogP contribution in [0.2, 0.25) is 0 Å². The maximum Gasteiger partial charge on any atom is 0.277 e. The number of rotatable bonds is 5. The number of carbonyl (C=O) groups excluding carboxylic acids is 1. The fourth-order valence-corrected chi connectivity index (χ4v) is 0.919. The van der Waals surface area contributed by atoms with Crippen LogP contribution in [-0.2, 0) is 11.2 Å². The van der Waals surface area contributed by atoms with Gasteiger partial charge in [-0.25, -0.2) is 8.78 Å². The number of amides is 1. The molecule has 1 heterocycles. The molecule has 0 aromatic carbocycles. The van der Waals surface area contributed by atoms with E-state index in [2.05, 4.69) is 15.5 Å². The Hall–Kier alpha value is -1.50. The number of halogens is 2. The summed E-state index contributed by atoms with van der Waals surface area (Å²) in [6.45, 7) is -1.52. The average molecular weight is 218 g/mol. The summed E-state index contributed by atoms with van der Waals surface area (Å²) in [7, 11) is 0. The lowest BCUT2D eigenvalue weighted by molar-refractivity contribution is -0.122. The first kappa shape index (κ1) is 11.6. The van der Waals surface area contributed by atoms with Crippen molar-refractivity contribution in [1.29, 1.82) is 0 Å². The molecule has 1 aromatic heterocycles. The average Bonchev–Trinajstić information content (AvgIpc) is 2.68. The Labute approximate surface area is 85.0 Å². The van der Waals surface area contributed by atoms with Crippen LogP contribution >= 0.6 is 0 Å². The Morgan fingerprint density at radius 3 is 2.93 bits per heavy atom. The third kappa shape index (κ3) is 4.03. The first-order valence-electron chi connectivity index (χ1n) is 4.36. The first-order valence-corrected chi connectivity index (χ1v) is 4.36. The van der Waals surface area contributed by atoms with Gasteiger partial charge < -0.3 is 11.1 Å². The Balaban J connectivity index is 2.31. The fourth-order valence-electron chi connectivity index (χ4n) is 0.919. The van der Waals surface area contributed by atoms with Crippen LogP contribution in [0.1, 0.15) is 5.69 Å². The lowest BCUT2D eigenvalue weighted by atomic mass is 10.3. The van der Waals surface area contributed by atoms with Crippen LogP contribution in [0.15, 0.2) is 12.3 Å². The van der Waals surface area contributed by atoms with Gasteiger partial charge in [-0.15, -0.1) is 0 Å². The molecule has 4 N–H and O–H groups in total. The Bertz CT molecular complexity index is 312. The number of nitrogens with one attached hydrogen (secondary N) is 2. The van der Waals surface area contributed by atoms with Crippen LogP contribution in [0.4, 0.5) is 8.78 Å². The molecule has 0 aliphatic heterocycles. The van der Waals surface area contributed by atoms with E-state index in [-0.39, 0.29) is 6.42 Å². The molecule has 0 aliphatic carbocycles. The summed E-state index contributed by atoms with van der Waals surface area (Å²) < 4.78 is 25.3. The van der Waals surface area contributed by atoms with Crippen molar-refractivity contribution in [3.63, 3.8) is 0 Å². The van der Waals surface area contributed by atoms with Gasteiger partial charge in [-0.1, -0.05) is 0 Å². The number of alkyl halides is 2.